The molecule has 2 aromatic rings. The van der Waals surface area contributed by atoms with Crippen molar-refractivity contribution in [1.82, 2.24) is 20.2 Å². The van der Waals surface area contributed by atoms with Gasteiger partial charge in [-0.2, -0.15) is 4.98 Å². The molecule has 1 N–H and O–H groups in total. The number of amides is 1. The lowest BCUT2D eigenvalue weighted by atomic mass is 10.4. The highest BCUT2D eigenvalue weighted by molar-refractivity contribution is 7.17. The van der Waals surface area contributed by atoms with Crippen LogP contribution in [0.4, 0.5) is 5.95 Å². The maximum Gasteiger partial charge on any atom is 0.289 e. The van der Waals surface area contributed by atoms with E-state index in [1.807, 2.05) is 0 Å². The molecular formula is C9H8ClN5O2S. The van der Waals surface area contributed by atoms with Crippen LogP contribution < -0.4 is 10.1 Å². The van der Waals surface area contributed by atoms with E-state index in [0.717, 1.165) is 11.3 Å². The van der Waals surface area contributed by atoms with Crippen LogP contribution in [-0.2, 0) is 0 Å². The van der Waals surface area contributed by atoms with Gasteiger partial charge in [0.15, 0.2) is 0 Å². The quantitative estimate of drug-likeness (QED) is 0.920. The van der Waals surface area contributed by atoms with Crippen LogP contribution in [0.1, 0.15) is 15.5 Å². The molecule has 0 aromatic carbocycles. The van der Waals surface area contributed by atoms with Crippen LogP contribution in [-0.4, -0.2) is 33.2 Å². The molecule has 0 spiro atoms. The van der Waals surface area contributed by atoms with Gasteiger partial charge in [-0.3, -0.25) is 10.1 Å². The van der Waals surface area contributed by atoms with E-state index in [4.69, 9.17) is 16.3 Å². The summed E-state index contributed by atoms with van der Waals surface area (Å²) in [5, 5.41) is 9.79. The highest BCUT2D eigenvalue weighted by Crippen LogP contribution is 2.16. The van der Waals surface area contributed by atoms with Crippen molar-refractivity contribution in [1.29, 1.82) is 0 Å². The van der Waals surface area contributed by atoms with E-state index in [9.17, 15) is 4.79 Å². The first-order valence-electron chi connectivity index (χ1n) is 4.78. The van der Waals surface area contributed by atoms with Gasteiger partial charge < -0.3 is 4.74 Å². The normalized spacial score (nSPS) is 10.2. The Balaban J connectivity index is 2.18. The fraction of sp³-hybridized carbons (Fsp3) is 0.222. The number of aryl methyl sites for hydroxylation is 1. The maximum absolute atomic E-state index is 11.8. The fourth-order valence-corrected chi connectivity index (χ4v) is 1.88. The van der Waals surface area contributed by atoms with Crippen molar-refractivity contribution in [3.05, 3.63) is 21.2 Å². The lowest BCUT2D eigenvalue weighted by Gasteiger charge is -2.04. The third-order valence-corrected chi connectivity index (χ3v) is 2.88. The van der Waals surface area contributed by atoms with E-state index < -0.39 is 5.91 Å². The van der Waals surface area contributed by atoms with Crippen molar-refractivity contribution in [2.75, 3.05) is 12.4 Å². The highest BCUT2D eigenvalue weighted by atomic mass is 35.5. The van der Waals surface area contributed by atoms with Crippen molar-refractivity contribution in [3.8, 4) is 5.88 Å². The SMILES string of the molecule is COc1cc(C)nc(NC(=O)c2nnc(Cl)s2)n1. The van der Waals surface area contributed by atoms with Crippen LogP contribution >= 0.6 is 22.9 Å². The molecule has 9 heteroatoms. The van der Waals surface area contributed by atoms with Crippen molar-refractivity contribution in [3.63, 3.8) is 0 Å². The largest absolute Gasteiger partial charge is 0.481 e. The third kappa shape index (κ3) is 2.90. The lowest BCUT2D eigenvalue weighted by molar-refractivity contribution is 0.102. The van der Waals surface area contributed by atoms with Gasteiger partial charge in [-0.05, 0) is 18.5 Å². The first-order chi connectivity index (χ1) is 8.58. The highest BCUT2D eigenvalue weighted by Gasteiger charge is 2.14. The second kappa shape index (κ2) is 5.23. The lowest BCUT2D eigenvalue weighted by Crippen LogP contribution is -2.14. The van der Waals surface area contributed by atoms with Gasteiger partial charge in [0.05, 0.1) is 7.11 Å². The zero-order chi connectivity index (χ0) is 13.1. The van der Waals surface area contributed by atoms with Gasteiger partial charge in [-0.25, -0.2) is 4.98 Å². The van der Waals surface area contributed by atoms with Gasteiger partial charge in [0.1, 0.15) is 0 Å². The molecule has 0 radical (unpaired) electrons. The number of nitrogens with zero attached hydrogens (tertiary/aromatic N) is 4. The Labute approximate surface area is 111 Å². The van der Waals surface area contributed by atoms with Crippen molar-refractivity contribution < 1.29 is 9.53 Å². The number of methoxy groups -OCH3 is 1. The molecule has 0 saturated heterocycles. The van der Waals surface area contributed by atoms with E-state index in [0.29, 0.717) is 11.6 Å². The molecule has 2 heterocycles. The molecular weight excluding hydrogens is 278 g/mol. The molecule has 0 atom stereocenters. The Morgan fingerprint density at radius 3 is 2.83 bits per heavy atom. The minimum atomic E-state index is -0.466. The van der Waals surface area contributed by atoms with Gasteiger partial charge in [0.25, 0.3) is 5.91 Å². The molecule has 7 nitrogen and oxygen atoms in total. The number of hydrogen-bond donors (Lipinski definition) is 1. The smallest absolute Gasteiger partial charge is 0.289 e. The van der Waals surface area contributed by atoms with Crippen LogP contribution in [0.25, 0.3) is 0 Å². The molecule has 0 aliphatic carbocycles. The number of nitrogens with one attached hydrogen (secondary N) is 1. The van der Waals surface area contributed by atoms with E-state index in [-0.39, 0.29) is 15.4 Å². The molecule has 0 aliphatic heterocycles. The topological polar surface area (TPSA) is 89.9 Å². The molecule has 0 saturated carbocycles. The van der Waals surface area contributed by atoms with Crippen LogP contribution in [0.5, 0.6) is 5.88 Å². The Kier molecular flexibility index (Phi) is 3.68. The summed E-state index contributed by atoms with van der Waals surface area (Å²) in [6, 6.07) is 1.65. The maximum atomic E-state index is 11.8. The van der Waals surface area contributed by atoms with Gasteiger partial charge in [0.2, 0.25) is 21.3 Å². The summed E-state index contributed by atoms with van der Waals surface area (Å²) in [5.74, 6) is 0.0447. The molecule has 2 rings (SSSR count). The molecule has 94 valence electrons. The average Bonchev–Trinajstić information content (AvgIpc) is 2.75. The van der Waals surface area contributed by atoms with E-state index in [1.54, 1.807) is 13.0 Å². The summed E-state index contributed by atoms with van der Waals surface area (Å²) in [6.07, 6.45) is 0. The van der Waals surface area contributed by atoms with Crippen LogP contribution in [0.2, 0.25) is 4.47 Å². The minimum absolute atomic E-state index is 0.142. The number of hydrogen-bond acceptors (Lipinski definition) is 7. The number of carbonyl (C=O) groups excluding carboxylic acids is 1. The number of aromatic nitrogens is 4. The fourth-order valence-electron chi connectivity index (χ4n) is 1.15. The number of ether oxygens (including phenoxy) is 1. The Morgan fingerprint density at radius 1 is 1.44 bits per heavy atom. The molecule has 0 aliphatic rings. The standard InChI is InChI=1S/C9H8ClN5O2S/c1-4-3-5(17-2)12-9(11-4)13-6(16)7-14-15-8(10)18-7/h3H,1-2H3,(H,11,12,13,16). The average molecular weight is 286 g/mol. The molecule has 2 aromatic heterocycles. The summed E-state index contributed by atoms with van der Waals surface area (Å²) < 4.78 is 5.18. The van der Waals surface area contributed by atoms with Gasteiger partial charge in [-0.1, -0.05) is 11.3 Å². The number of carbonyl (C=O) groups is 1. The summed E-state index contributed by atoms with van der Waals surface area (Å²) in [4.78, 5) is 19.8. The van der Waals surface area contributed by atoms with Crippen molar-refractivity contribution in [2.45, 2.75) is 6.92 Å². The second-order valence-electron chi connectivity index (χ2n) is 3.19. The van der Waals surface area contributed by atoms with E-state index >= 15 is 0 Å². The zero-order valence-electron chi connectivity index (χ0n) is 9.47. The summed E-state index contributed by atoms with van der Waals surface area (Å²) >= 11 is 6.57. The number of anilines is 1. The number of halogens is 1. The Morgan fingerprint density at radius 2 is 2.22 bits per heavy atom. The van der Waals surface area contributed by atoms with Crippen LogP contribution in [0.3, 0.4) is 0 Å². The predicted molar refractivity (Wildman–Crippen MR) is 66.2 cm³/mol. The molecule has 0 bridgehead atoms. The van der Waals surface area contributed by atoms with E-state index in [1.165, 1.54) is 7.11 Å². The first-order valence-corrected chi connectivity index (χ1v) is 5.98. The Bertz CT molecular complexity index is 588. The summed E-state index contributed by atoms with van der Waals surface area (Å²) in [5.41, 5.74) is 0.674. The van der Waals surface area contributed by atoms with Crippen molar-refractivity contribution >= 4 is 34.8 Å². The van der Waals surface area contributed by atoms with Crippen molar-refractivity contribution in [2.24, 2.45) is 0 Å². The predicted octanol–water partition coefficient (Wildman–Crippen LogP) is 1.55. The zero-order valence-corrected chi connectivity index (χ0v) is 11.0. The third-order valence-electron chi connectivity index (χ3n) is 1.86. The van der Waals surface area contributed by atoms with E-state index in [2.05, 4.69) is 25.5 Å². The molecule has 1 amide bonds. The first kappa shape index (κ1) is 12.7. The second-order valence-corrected chi connectivity index (χ2v) is 4.75. The minimum Gasteiger partial charge on any atom is -0.481 e. The van der Waals surface area contributed by atoms with Gasteiger partial charge >= 0.3 is 0 Å². The number of rotatable bonds is 3. The van der Waals surface area contributed by atoms with Crippen LogP contribution in [0.15, 0.2) is 6.07 Å². The van der Waals surface area contributed by atoms with Crippen LogP contribution in [0, 0.1) is 6.92 Å². The summed E-state index contributed by atoms with van der Waals surface area (Å²) in [7, 11) is 1.48. The molecule has 18 heavy (non-hydrogen) atoms. The van der Waals surface area contributed by atoms with Gasteiger partial charge in [0, 0.05) is 11.8 Å². The molecule has 0 fully saturated rings. The molecule has 0 unspecified atom stereocenters. The summed E-state index contributed by atoms with van der Waals surface area (Å²) in [6.45, 7) is 1.77. The van der Waals surface area contributed by atoms with Gasteiger partial charge in [-0.15, -0.1) is 10.2 Å². The monoisotopic (exact) mass is 285 g/mol. The Hall–Kier alpha value is -1.80.